The third kappa shape index (κ3) is 1.43. The highest BCUT2D eigenvalue weighted by atomic mass is 16.1. The lowest BCUT2D eigenvalue weighted by atomic mass is 10.3. The summed E-state index contributed by atoms with van der Waals surface area (Å²) in [5.74, 6) is -0.251. The average molecular weight is 152 g/mol. The number of hydrogen-bond acceptors (Lipinski definition) is 3. The van der Waals surface area contributed by atoms with Gasteiger partial charge in [0.2, 0.25) is 0 Å². The van der Waals surface area contributed by atoms with Crippen molar-refractivity contribution in [1.29, 1.82) is 5.41 Å². The lowest BCUT2D eigenvalue weighted by Crippen LogP contribution is -2.24. The quantitative estimate of drug-likeness (QED) is 0.402. The van der Waals surface area contributed by atoms with Gasteiger partial charge < -0.3 is 10.3 Å². The van der Waals surface area contributed by atoms with Crippen molar-refractivity contribution in [3.05, 3.63) is 28.4 Å². The van der Waals surface area contributed by atoms with Crippen molar-refractivity contribution < 1.29 is 0 Å². The fourth-order valence-corrected chi connectivity index (χ4v) is 0.690. The summed E-state index contributed by atoms with van der Waals surface area (Å²) in [4.78, 5) is 14.4. The van der Waals surface area contributed by atoms with Crippen molar-refractivity contribution in [1.82, 2.24) is 9.55 Å². The van der Waals surface area contributed by atoms with Gasteiger partial charge in [-0.25, -0.2) is 0 Å². The molecule has 1 rings (SSSR count). The zero-order valence-corrected chi connectivity index (χ0v) is 6.03. The molecule has 1 aromatic heterocycles. The van der Waals surface area contributed by atoms with Crippen LogP contribution >= 0.6 is 0 Å². The number of amidine groups is 1. The fraction of sp³-hybridized carbons (Fsp3) is 0.167. The van der Waals surface area contributed by atoms with E-state index in [1.54, 1.807) is 11.6 Å². The number of hydrogen-bond donors (Lipinski definition) is 2. The van der Waals surface area contributed by atoms with Crippen molar-refractivity contribution in [3.8, 4) is 0 Å². The summed E-state index contributed by atoms with van der Waals surface area (Å²) < 4.78 is 1.57. The Balaban J connectivity index is 3.35. The summed E-state index contributed by atoms with van der Waals surface area (Å²) >= 11 is 0. The molecule has 0 aromatic carbocycles. The SMILES string of the molecule is Cn1cnc(=O)c(C(=N)N)c1. The van der Waals surface area contributed by atoms with Gasteiger partial charge in [0.15, 0.2) is 0 Å². The predicted molar refractivity (Wildman–Crippen MR) is 40.5 cm³/mol. The molecule has 58 valence electrons. The Bertz CT molecular complexity index is 341. The number of rotatable bonds is 1. The maximum Gasteiger partial charge on any atom is 0.283 e. The first kappa shape index (κ1) is 7.46. The predicted octanol–water partition coefficient (Wildman–Crippen LogP) is -0.936. The van der Waals surface area contributed by atoms with Gasteiger partial charge in [0.25, 0.3) is 5.56 Å². The molecule has 0 radical (unpaired) electrons. The molecule has 1 aromatic rings. The van der Waals surface area contributed by atoms with Crippen LogP contribution in [0.2, 0.25) is 0 Å². The highest BCUT2D eigenvalue weighted by Gasteiger charge is 2.01. The van der Waals surface area contributed by atoms with E-state index in [9.17, 15) is 4.79 Å². The monoisotopic (exact) mass is 152 g/mol. The molecule has 0 fully saturated rings. The number of nitrogens with zero attached hydrogens (tertiary/aromatic N) is 2. The minimum absolute atomic E-state index is 0.134. The second-order valence-electron chi connectivity index (χ2n) is 2.17. The van der Waals surface area contributed by atoms with Gasteiger partial charge >= 0.3 is 0 Å². The molecular weight excluding hydrogens is 144 g/mol. The molecule has 0 aliphatic carbocycles. The van der Waals surface area contributed by atoms with Crippen LogP contribution in [0.3, 0.4) is 0 Å². The second kappa shape index (κ2) is 2.53. The number of nitrogens with one attached hydrogen (secondary N) is 1. The van der Waals surface area contributed by atoms with Crippen LogP contribution in [0.4, 0.5) is 0 Å². The van der Waals surface area contributed by atoms with Crippen molar-refractivity contribution in [2.24, 2.45) is 12.8 Å². The van der Waals surface area contributed by atoms with E-state index < -0.39 is 5.56 Å². The second-order valence-corrected chi connectivity index (χ2v) is 2.17. The molecular formula is C6H8N4O. The Hall–Kier alpha value is -1.65. The Kier molecular flexibility index (Phi) is 1.72. The van der Waals surface area contributed by atoms with Crippen LogP contribution in [-0.4, -0.2) is 15.4 Å². The molecule has 0 bridgehead atoms. The lowest BCUT2D eigenvalue weighted by Gasteiger charge is -1.98. The highest BCUT2D eigenvalue weighted by molar-refractivity contribution is 5.94. The van der Waals surface area contributed by atoms with E-state index in [4.69, 9.17) is 11.1 Å². The molecule has 3 N–H and O–H groups in total. The Morgan fingerprint density at radius 3 is 2.91 bits per heavy atom. The summed E-state index contributed by atoms with van der Waals surface area (Å²) in [6.07, 6.45) is 2.84. The molecule has 0 spiro atoms. The number of nitrogens with two attached hydrogens (primary N) is 1. The fourth-order valence-electron chi connectivity index (χ4n) is 0.690. The lowest BCUT2D eigenvalue weighted by molar-refractivity contribution is 0.848. The van der Waals surface area contributed by atoms with Crippen LogP contribution in [0.25, 0.3) is 0 Å². The standard InChI is InChI=1S/C6H8N4O/c1-10-2-4(5(7)8)6(11)9-3-10/h2-3H,1H3,(H3,7,8). The Morgan fingerprint density at radius 2 is 2.45 bits per heavy atom. The smallest absolute Gasteiger partial charge is 0.283 e. The normalized spacial score (nSPS) is 9.55. The zero-order chi connectivity index (χ0) is 8.43. The van der Waals surface area contributed by atoms with Gasteiger partial charge in [-0.2, -0.15) is 4.98 Å². The van der Waals surface area contributed by atoms with Crippen LogP contribution in [0.15, 0.2) is 17.3 Å². The van der Waals surface area contributed by atoms with Gasteiger partial charge in [0.1, 0.15) is 5.84 Å². The molecule has 0 saturated carbocycles. The van der Waals surface area contributed by atoms with Crippen LogP contribution in [0.5, 0.6) is 0 Å². The van der Waals surface area contributed by atoms with Gasteiger partial charge in [-0.15, -0.1) is 0 Å². The number of nitrogen functional groups attached to an aromatic ring is 1. The molecule has 0 atom stereocenters. The molecule has 11 heavy (non-hydrogen) atoms. The summed E-state index contributed by atoms with van der Waals surface area (Å²) in [7, 11) is 1.71. The van der Waals surface area contributed by atoms with E-state index in [2.05, 4.69) is 4.98 Å². The van der Waals surface area contributed by atoms with Gasteiger partial charge in [0.05, 0.1) is 11.9 Å². The van der Waals surface area contributed by atoms with Gasteiger partial charge in [-0.05, 0) is 0 Å². The van der Waals surface area contributed by atoms with Crippen LogP contribution in [0.1, 0.15) is 5.56 Å². The molecule has 5 nitrogen and oxygen atoms in total. The van der Waals surface area contributed by atoms with Crippen molar-refractivity contribution in [2.75, 3.05) is 0 Å². The molecule has 0 aliphatic rings. The minimum Gasteiger partial charge on any atom is -0.383 e. The van der Waals surface area contributed by atoms with Crippen LogP contribution < -0.4 is 11.3 Å². The first-order chi connectivity index (χ1) is 5.11. The van der Waals surface area contributed by atoms with Gasteiger partial charge in [-0.3, -0.25) is 10.2 Å². The van der Waals surface area contributed by atoms with Crippen LogP contribution in [-0.2, 0) is 7.05 Å². The van der Waals surface area contributed by atoms with Crippen LogP contribution in [0, 0.1) is 5.41 Å². The van der Waals surface area contributed by atoms with E-state index in [0.29, 0.717) is 0 Å². The molecule has 0 unspecified atom stereocenters. The topological polar surface area (TPSA) is 84.8 Å². The highest BCUT2D eigenvalue weighted by Crippen LogP contribution is 1.84. The summed E-state index contributed by atoms with van der Waals surface area (Å²) in [5, 5.41) is 7.00. The van der Waals surface area contributed by atoms with E-state index in [1.165, 1.54) is 12.5 Å². The molecule has 5 heteroatoms. The third-order valence-corrected chi connectivity index (χ3v) is 1.21. The third-order valence-electron chi connectivity index (χ3n) is 1.21. The van der Waals surface area contributed by atoms with Crippen molar-refractivity contribution in [3.63, 3.8) is 0 Å². The van der Waals surface area contributed by atoms with E-state index in [-0.39, 0.29) is 11.4 Å². The summed E-state index contributed by atoms with van der Waals surface area (Å²) in [6.45, 7) is 0. The van der Waals surface area contributed by atoms with E-state index in [1.807, 2.05) is 0 Å². The maximum absolute atomic E-state index is 10.9. The molecule has 0 aliphatic heterocycles. The van der Waals surface area contributed by atoms with Crippen molar-refractivity contribution >= 4 is 5.84 Å². The molecule has 1 heterocycles. The number of aromatic nitrogens is 2. The number of aryl methyl sites for hydroxylation is 1. The van der Waals surface area contributed by atoms with E-state index in [0.717, 1.165) is 0 Å². The Morgan fingerprint density at radius 1 is 1.82 bits per heavy atom. The summed E-state index contributed by atoms with van der Waals surface area (Å²) in [6, 6.07) is 0. The molecule has 0 saturated heterocycles. The first-order valence-electron chi connectivity index (χ1n) is 2.98. The summed E-state index contributed by atoms with van der Waals surface area (Å²) in [5.41, 5.74) is 4.79. The minimum atomic E-state index is -0.462. The molecule has 0 amide bonds. The largest absolute Gasteiger partial charge is 0.383 e. The van der Waals surface area contributed by atoms with Crippen molar-refractivity contribution in [2.45, 2.75) is 0 Å². The van der Waals surface area contributed by atoms with Gasteiger partial charge in [-0.1, -0.05) is 0 Å². The zero-order valence-electron chi connectivity index (χ0n) is 6.03. The Labute approximate surface area is 63.0 Å². The van der Waals surface area contributed by atoms with Gasteiger partial charge in [0, 0.05) is 13.2 Å². The first-order valence-corrected chi connectivity index (χ1v) is 2.98. The average Bonchev–Trinajstić information content (AvgIpc) is 1.94. The maximum atomic E-state index is 10.9. The van der Waals surface area contributed by atoms with E-state index >= 15 is 0 Å².